The quantitative estimate of drug-likeness (QED) is 0.763. The minimum absolute atomic E-state index is 0.123. The van der Waals surface area contributed by atoms with E-state index in [0.717, 1.165) is 6.42 Å². The van der Waals surface area contributed by atoms with Crippen molar-refractivity contribution in [3.8, 4) is 5.75 Å². The smallest absolute Gasteiger partial charge is 0.325 e. The third-order valence-corrected chi connectivity index (χ3v) is 2.36. The SMILES string of the molecule is CCc1ccc(OCC(=O)NCC(=O)OC)cc1. The Morgan fingerprint density at radius 1 is 1.22 bits per heavy atom. The van der Waals surface area contributed by atoms with Crippen LogP contribution in [0.2, 0.25) is 0 Å². The summed E-state index contributed by atoms with van der Waals surface area (Å²) in [6.45, 7) is 1.80. The molecule has 0 aliphatic heterocycles. The van der Waals surface area contributed by atoms with Crippen LogP contribution in [-0.2, 0) is 20.7 Å². The highest BCUT2D eigenvalue weighted by molar-refractivity contribution is 5.82. The number of methoxy groups -OCH3 is 1. The van der Waals surface area contributed by atoms with Crippen LogP contribution in [-0.4, -0.2) is 32.1 Å². The summed E-state index contributed by atoms with van der Waals surface area (Å²) in [5.74, 6) is -0.226. The first-order valence-electron chi connectivity index (χ1n) is 5.71. The number of amides is 1. The third-order valence-electron chi connectivity index (χ3n) is 2.36. The van der Waals surface area contributed by atoms with Gasteiger partial charge in [-0.1, -0.05) is 19.1 Å². The molecule has 0 saturated heterocycles. The second kappa shape index (κ2) is 7.32. The van der Waals surface area contributed by atoms with Crippen LogP contribution in [0.4, 0.5) is 0 Å². The second-order valence-corrected chi connectivity index (χ2v) is 3.64. The molecule has 0 aromatic heterocycles. The molecule has 98 valence electrons. The van der Waals surface area contributed by atoms with E-state index >= 15 is 0 Å². The predicted octanol–water partition coefficient (Wildman–Crippen LogP) is 0.917. The van der Waals surface area contributed by atoms with Crippen LogP contribution in [0, 0.1) is 0 Å². The molecule has 5 nitrogen and oxygen atoms in total. The highest BCUT2D eigenvalue weighted by Gasteiger charge is 2.05. The maximum Gasteiger partial charge on any atom is 0.325 e. The molecule has 0 atom stereocenters. The van der Waals surface area contributed by atoms with Gasteiger partial charge in [-0.05, 0) is 24.1 Å². The molecule has 1 aromatic carbocycles. The van der Waals surface area contributed by atoms with E-state index in [1.165, 1.54) is 12.7 Å². The highest BCUT2D eigenvalue weighted by Crippen LogP contribution is 2.12. The Kier molecular flexibility index (Phi) is 5.70. The van der Waals surface area contributed by atoms with Crippen molar-refractivity contribution in [2.75, 3.05) is 20.3 Å². The van der Waals surface area contributed by atoms with Crippen molar-refractivity contribution >= 4 is 11.9 Å². The average molecular weight is 251 g/mol. The molecule has 0 saturated carbocycles. The van der Waals surface area contributed by atoms with E-state index in [1.54, 1.807) is 0 Å². The Morgan fingerprint density at radius 3 is 2.44 bits per heavy atom. The van der Waals surface area contributed by atoms with Gasteiger partial charge in [-0.25, -0.2) is 0 Å². The van der Waals surface area contributed by atoms with Gasteiger partial charge < -0.3 is 14.8 Å². The number of hydrogen-bond donors (Lipinski definition) is 1. The van der Waals surface area contributed by atoms with Gasteiger partial charge >= 0.3 is 5.97 Å². The molecule has 0 spiro atoms. The van der Waals surface area contributed by atoms with Crippen LogP contribution in [0.15, 0.2) is 24.3 Å². The van der Waals surface area contributed by atoms with Crippen molar-refractivity contribution in [1.82, 2.24) is 5.32 Å². The summed E-state index contributed by atoms with van der Waals surface area (Å²) in [5, 5.41) is 2.39. The summed E-state index contributed by atoms with van der Waals surface area (Å²) in [6.07, 6.45) is 0.958. The van der Waals surface area contributed by atoms with Gasteiger partial charge in [0.2, 0.25) is 0 Å². The Labute approximate surface area is 106 Å². The van der Waals surface area contributed by atoms with E-state index in [2.05, 4.69) is 17.0 Å². The zero-order chi connectivity index (χ0) is 13.4. The van der Waals surface area contributed by atoms with E-state index in [4.69, 9.17) is 4.74 Å². The van der Waals surface area contributed by atoms with Gasteiger partial charge in [-0.15, -0.1) is 0 Å². The number of hydrogen-bond acceptors (Lipinski definition) is 4. The lowest BCUT2D eigenvalue weighted by molar-refractivity contribution is -0.141. The second-order valence-electron chi connectivity index (χ2n) is 3.64. The first-order chi connectivity index (χ1) is 8.65. The molecule has 1 rings (SSSR count). The molecule has 0 heterocycles. The fourth-order valence-corrected chi connectivity index (χ4v) is 1.26. The van der Waals surface area contributed by atoms with E-state index in [1.807, 2.05) is 24.3 Å². The minimum Gasteiger partial charge on any atom is -0.484 e. The van der Waals surface area contributed by atoms with Gasteiger partial charge in [-0.2, -0.15) is 0 Å². The monoisotopic (exact) mass is 251 g/mol. The molecule has 5 heteroatoms. The van der Waals surface area contributed by atoms with Gasteiger partial charge in [0.25, 0.3) is 5.91 Å². The number of ether oxygens (including phenoxy) is 2. The van der Waals surface area contributed by atoms with Crippen molar-refractivity contribution in [1.29, 1.82) is 0 Å². The number of aryl methyl sites for hydroxylation is 1. The molecule has 0 aliphatic carbocycles. The van der Waals surface area contributed by atoms with Crippen LogP contribution in [0.5, 0.6) is 5.75 Å². The molecule has 0 bridgehead atoms. The Hall–Kier alpha value is -2.04. The number of carbonyl (C=O) groups is 2. The van der Waals surface area contributed by atoms with Gasteiger partial charge in [0.1, 0.15) is 12.3 Å². The summed E-state index contributed by atoms with van der Waals surface area (Å²) in [6, 6.07) is 7.52. The summed E-state index contributed by atoms with van der Waals surface area (Å²) in [5.41, 5.74) is 1.21. The van der Waals surface area contributed by atoms with Crippen molar-refractivity contribution in [3.05, 3.63) is 29.8 Å². The summed E-state index contributed by atoms with van der Waals surface area (Å²) in [7, 11) is 1.26. The molecule has 0 fully saturated rings. The van der Waals surface area contributed by atoms with Gasteiger partial charge in [0.15, 0.2) is 6.61 Å². The Bertz CT molecular complexity index is 400. The number of carbonyl (C=O) groups excluding carboxylic acids is 2. The van der Waals surface area contributed by atoms with Gasteiger partial charge in [0.05, 0.1) is 7.11 Å². The molecular weight excluding hydrogens is 234 g/mol. The number of rotatable bonds is 6. The molecule has 1 amide bonds. The fourth-order valence-electron chi connectivity index (χ4n) is 1.26. The molecule has 0 radical (unpaired) electrons. The van der Waals surface area contributed by atoms with Crippen molar-refractivity contribution in [3.63, 3.8) is 0 Å². The van der Waals surface area contributed by atoms with E-state index < -0.39 is 5.97 Å². The summed E-state index contributed by atoms with van der Waals surface area (Å²) >= 11 is 0. The van der Waals surface area contributed by atoms with Crippen LogP contribution < -0.4 is 10.1 Å². The number of benzene rings is 1. The predicted molar refractivity (Wildman–Crippen MR) is 66.3 cm³/mol. The molecule has 1 N–H and O–H groups in total. The van der Waals surface area contributed by atoms with E-state index in [-0.39, 0.29) is 19.1 Å². The maximum atomic E-state index is 11.3. The minimum atomic E-state index is -0.490. The zero-order valence-electron chi connectivity index (χ0n) is 10.6. The van der Waals surface area contributed by atoms with E-state index in [9.17, 15) is 9.59 Å². The molecular formula is C13H17NO4. The van der Waals surface area contributed by atoms with Crippen molar-refractivity contribution in [2.24, 2.45) is 0 Å². The lowest BCUT2D eigenvalue weighted by Crippen LogP contribution is -2.33. The molecule has 0 aliphatic rings. The first kappa shape index (κ1) is 14.0. The van der Waals surface area contributed by atoms with Crippen LogP contribution in [0.25, 0.3) is 0 Å². The summed E-state index contributed by atoms with van der Waals surface area (Å²) < 4.78 is 9.66. The topological polar surface area (TPSA) is 64.6 Å². The highest BCUT2D eigenvalue weighted by atomic mass is 16.5. The van der Waals surface area contributed by atoms with Crippen molar-refractivity contribution in [2.45, 2.75) is 13.3 Å². The largest absolute Gasteiger partial charge is 0.484 e. The molecule has 0 unspecified atom stereocenters. The van der Waals surface area contributed by atoms with Crippen molar-refractivity contribution < 1.29 is 19.1 Å². The van der Waals surface area contributed by atoms with Gasteiger partial charge in [0, 0.05) is 0 Å². The van der Waals surface area contributed by atoms with Crippen LogP contribution in [0.1, 0.15) is 12.5 Å². The third kappa shape index (κ3) is 4.86. The zero-order valence-corrected chi connectivity index (χ0v) is 10.6. The Balaban J connectivity index is 2.31. The Morgan fingerprint density at radius 2 is 1.89 bits per heavy atom. The standard InChI is InChI=1S/C13H17NO4/c1-3-10-4-6-11(7-5-10)18-9-12(15)14-8-13(16)17-2/h4-7H,3,8-9H2,1-2H3,(H,14,15). The average Bonchev–Trinajstić information content (AvgIpc) is 2.42. The first-order valence-corrected chi connectivity index (χ1v) is 5.71. The normalized spacial score (nSPS) is 9.67. The molecule has 1 aromatic rings. The fraction of sp³-hybridized carbons (Fsp3) is 0.385. The summed E-state index contributed by atoms with van der Waals surface area (Å²) in [4.78, 5) is 22.1. The number of nitrogens with one attached hydrogen (secondary N) is 1. The lowest BCUT2D eigenvalue weighted by Gasteiger charge is -2.07. The lowest BCUT2D eigenvalue weighted by atomic mass is 10.2. The maximum absolute atomic E-state index is 11.3. The van der Waals surface area contributed by atoms with E-state index in [0.29, 0.717) is 5.75 Å². The van der Waals surface area contributed by atoms with Crippen LogP contribution in [0.3, 0.4) is 0 Å². The van der Waals surface area contributed by atoms with Crippen LogP contribution >= 0.6 is 0 Å². The molecule has 18 heavy (non-hydrogen) atoms. The number of esters is 1. The van der Waals surface area contributed by atoms with Gasteiger partial charge in [-0.3, -0.25) is 9.59 Å².